The van der Waals surface area contributed by atoms with Gasteiger partial charge in [0.05, 0.1) is 12.5 Å². The van der Waals surface area contributed by atoms with Crippen LogP contribution in [0.15, 0.2) is 25.7 Å². The zero-order chi connectivity index (χ0) is 14.2. The monoisotopic (exact) mass is 256 g/mol. The Bertz CT molecular complexity index is 246. The first-order valence-electron chi connectivity index (χ1n) is 6.23. The number of hydrogen-bond acceptors (Lipinski definition) is 4. The average Bonchev–Trinajstić information content (AvgIpc) is 2.31. The van der Waals surface area contributed by atoms with Gasteiger partial charge >= 0.3 is 11.9 Å². The van der Waals surface area contributed by atoms with Crippen LogP contribution in [0.4, 0.5) is 0 Å². The second-order valence-corrected chi connectivity index (χ2v) is 3.52. The summed E-state index contributed by atoms with van der Waals surface area (Å²) in [6.07, 6.45) is 7.28. The molecule has 4 heteroatoms. The van der Waals surface area contributed by atoms with Gasteiger partial charge in [0, 0.05) is 12.8 Å². The smallest absolute Gasteiger partial charge is 0.310 e. The number of carbonyl (C=O) groups excluding carboxylic acids is 2. The van der Waals surface area contributed by atoms with Crippen LogP contribution in [0, 0.1) is 0 Å². The Morgan fingerprint density at radius 3 is 1.78 bits per heavy atom. The number of hydrogen-bond donors (Lipinski definition) is 0. The standard InChI is InChI=1S/C8H14O2.C6H10O2/c1-3-5-6-7-8(9)10-4-2;1-3-5-6(7)8-4-2/h4H,2-3,5-7H2,1H3;4H,2-3,5H2,1H3. The largest absolute Gasteiger partial charge is 0.435 e. The van der Waals surface area contributed by atoms with E-state index in [0.717, 1.165) is 31.9 Å². The Kier molecular flexibility index (Phi) is 16.1. The van der Waals surface area contributed by atoms with E-state index < -0.39 is 0 Å². The maximum absolute atomic E-state index is 10.6. The van der Waals surface area contributed by atoms with E-state index >= 15 is 0 Å². The molecule has 104 valence electrons. The summed E-state index contributed by atoms with van der Waals surface area (Å²) < 4.78 is 8.92. The van der Waals surface area contributed by atoms with Gasteiger partial charge in [-0.05, 0) is 12.8 Å². The lowest BCUT2D eigenvalue weighted by atomic mass is 10.2. The molecule has 0 aliphatic heterocycles. The summed E-state index contributed by atoms with van der Waals surface area (Å²) in [5.41, 5.74) is 0. The van der Waals surface area contributed by atoms with Gasteiger partial charge in [-0.3, -0.25) is 9.59 Å². The van der Waals surface area contributed by atoms with Crippen molar-refractivity contribution in [2.45, 2.75) is 52.4 Å². The van der Waals surface area contributed by atoms with Gasteiger partial charge in [-0.1, -0.05) is 39.8 Å². The van der Waals surface area contributed by atoms with Crippen molar-refractivity contribution < 1.29 is 19.1 Å². The Morgan fingerprint density at radius 1 is 0.889 bits per heavy atom. The number of carbonyl (C=O) groups is 2. The van der Waals surface area contributed by atoms with Gasteiger partial charge in [0.15, 0.2) is 0 Å². The van der Waals surface area contributed by atoms with Gasteiger partial charge in [-0.15, -0.1) is 0 Å². The second-order valence-electron chi connectivity index (χ2n) is 3.52. The first-order chi connectivity index (χ1) is 8.62. The molecule has 0 atom stereocenters. The maximum Gasteiger partial charge on any atom is 0.310 e. The predicted octanol–water partition coefficient (Wildman–Crippen LogP) is 3.73. The van der Waals surface area contributed by atoms with E-state index in [0.29, 0.717) is 12.8 Å². The fourth-order valence-electron chi connectivity index (χ4n) is 1.03. The lowest BCUT2D eigenvalue weighted by Crippen LogP contribution is -1.97. The molecule has 0 aliphatic rings. The summed E-state index contributed by atoms with van der Waals surface area (Å²) in [6, 6.07) is 0. The quantitative estimate of drug-likeness (QED) is 0.377. The highest BCUT2D eigenvalue weighted by Crippen LogP contribution is 1.99. The van der Waals surface area contributed by atoms with Crippen LogP contribution in [0.2, 0.25) is 0 Å². The minimum atomic E-state index is -0.206. The summed E-state index contributed by atoms with van der Waals surface area (Å²) in [5.74, 6) is -0.383. The Hall–Kier alpha value is -1.58. The molecule has 0 amide bonds. The lowest BCUT2D eigenvalue weighted by Gasteiger charge is -1.96. The highest BCUT2D eigenvalue weighted by atomic mass is 16.5. The van der Waals surface area contributed by atoms with E-state index in [2.05, 4.69) is 29.6 Å². The molecule has 0 saturated carbocycles. The molecule has 0 aromatic heterocycles. The van der Waals surface area contributed by atoms with E-state index in [1.165, 1.54) is 6.26 Å². The lowest BCUT2D eigenvalue weighted by molar-refractivity contribution is -0.139. The van der Waals surface area contributed by atoms with Crippen molar-refractivity contribution in [3.8, 4) is 0 Å². The molecular weight excluding hydrogens is 232 g/mol. The van der Waals surface area contributed by atoms with Crippen molar-refractivity contribution in [2.75, 3.05) is 0 Å². The third kappa shape index (κ3) is 16.8. The molecule has 0 aromatic rings. The molecule has 0 saturated heterocycles. The van der Waals surface area contributed by atoms with Gasteiger partial charge in [0.2, 0.25) is 0 Å². The third-order valence-corrected chi connectivity index (χ3v) is 1.87. The van der Waals surface area contributed by atoms with Crippen LogP contribution in [-0.4, -0.2) is 11.9 Å². The maximum atomic E-state index is 10.6. The van der Waals surface area contributed by atoms with Crippen LogP contribution in [0.25, 0.3) is 0 Å². The number of unbranched alkanes of at least 4 members (excludes halogenated alkanes) is 2. The summed E-state index contributed by atoms with van der Waals surface area (Å²) in [5, 5.41) is 0. The van der Waals surface area contributed by atoms with Crippen molar-refractivity contribution in [3.05, 3.63) is 25.7 Å². The van der Waals surface area contributed by atoms with Crippen molar-refractivity contribution in [3.63, 3.8) is 0 Å². The average molecular weight is 256 g/mol. The normalized spacial score (nSPS) is 8.56. The van der Waals surface area contributed by atoms with E-state index in [1.54, 1.807) is 0 Å². The van der Waals surface area contributed by atoms with Gasteiger partial charge < -0.3 is 9.47 Å². The fraction of sp³-hybridized carbons (Fsp3) is 0.571. The molecule has 0 rings (SSSR count). The van der Waals surface area contributed by atoms with Gasteiger partial charge in [0.25, 0.3) is 0 Å². The highest BCUT2D eigenvalue weighted by molar-refractivity contribution is 5.70. The summed E-state index contributed by atoms with van der Waals surface area (Å²) >= 11 is 0. The van der Waals surface area contributed by atoms with Crippen molar-refractivity contribution >= 4 is 11.9 Å². The molecule has 0 aliphatic carbocycles. The van der Waals surface area contributed by atoms with E-state index in [-0.39, 0.29) is 11.9 Å². The number of esters is 2. The highest BCUT2D eigenvalue weighted by Gasteiger charge is 1.97. The number of rotatable bonds is 8. The minimum absolute atomic E-state index is 0.177. The molecule has 0 radical (unpaired) electrons. The molecule has 0 spiro atoms. The van der Waals surface area contributed by atoms with Crippen LogP contribution in [0.5, 0.6) is 0 Å². The Labute approximate surface area is 110 Å². The second kappa shape index (κ2) is 15.4. The zero-order valence-electron chi connectivity index (χ0n) is 11.4. The molecule has 0 unspecified atom stereocenters. The van der Waals surface area contributed by atoms with E-state index in [4.69, 9.17) is 0 Å². The summed E-state index contributed by atoms with van der Waals surface area (Å²) in [6.45, 7) is 10.5. The van der Waals surface area contributed by atoms with Crippen molar-refractivity contribution in [1.29, 1.82) is 0 Å². The summed E-state index contributed by atoms with van der Waals surface area (Å²) in [7, 11) is 0. The Balaban J connectivity index is 0. The minimum Gasteiger partial charge on any atom is -0.435 e. The fourth-order valence-corrected chi connectivity index (χ4v) is 1.03. The molecule has 0 bridgehead atoms. The number of ether oxygens (including phenoxy) is 2. The molecule has 0 N–H and O–H groups in total. The predicted molar refractivity (Wildman–Crippen MR) is 71.6 cm³/mol. The zero-order valence-corrected chi connectivity index (χ0v) is 11.4. The van der Waals surface area contributed by atoms with Gasteiger partial charge in [-0.25, -0.2) is 0 Å². The van der Waals surface area contributed by atoms with Gasteiger partial charge in [0.1, 0.15) is 0 Å². The van der Waals surface area contributed by atoms with Crippen LogP contribution in [0.1, 0.15) is 52.4 Å². The third-order valence-electron chi connectivity index (χ3n) is 1.87. The van der Waals surface area contributed by atoms with E-state index in [9.17, 15) is 9.59 Å². The first-order valence-corrected chi connectivity index (χ1v) is 6.23. The molecule has 4 nitrogen and oxygen atoms in total. The van der Waals surface area contributed by atoms with Crippen molar-refractivity contribution in [2.24, 2.45) is 0 Å². The SMILES string of the molecule is C=COC(=O)CCC.C=COC(=O)CCCCC. The van der Waals surface area contributed by atoms with Crippen LogP contribution < -0.4 is 0 Å². The molecule has 18 heavy (non-hydrogen) atoms. The van der Waals surface area contributed by atoms with Crippen LogP contribution >= 0.6 is 0 Å². The molecule has 0 fully saturated rings. The topological polar surface area (TPSA) is 52.6 Å². The van der Waals surface area contributed by atoms with Crippen molar-refractivity contribution in [1.82, 2.24) is 0 Å². The Morgan fingerprint density at radius 2 is 1.39 bits per heavy atom. The van der Waals surface area contributed by atoms with E-state index in [1.807, 2.05) is 6.92 Å². The van der Waals surface area contributed by atoms with Crippen LogP contribution in [0.3, 0.4) is 0 Å². The summed E-state index contributed by atoms with van der Waals surface area (Å²) in [4.78, 5) is 21.0. The first kappa shape index (κ1) is 18.8. The molecular formula is C14H24O4. The van der Waals surface area contributed by atoms with Gasteiger partial charge in [-0.2, -0.15) is 0 Å². The van der Waals surface area contributed by atoms with Crippen LogP contribution in [-0.2, 0) is 19.1 Å². The molecule has 0 aromatic carbocycles. The molecule has 0 heterocycles.